The van der Waals surface area contributed by atoms with E-state index in [4.69, 9.17) is 4.98 Å². The van der Waals surface area contributed by atoms with Crippen LogP contribution in [0.15, 0.2) is 189 Å². The Morgan fingerprint density at radius 1 is 0.375 bits per heavy atom. The molecule has 5 nitrogen and oxygen atoms in total. The van der Waals surface area contributed by atoms with Crippen LogP contribution in [0.2, 0.25) is 0 Å². The standard InChI is InChI=1S/C51H39N5/c1-3-12-40(13-4-1)22-24-42-26-30-44(31-27-42)34-53-38-55(50-20-9-7-18-48(50)53)36-46-16-11-17-47(52-46)37-56-39-54(49-19-8-10-21-51(49)56)35-45-32-28-43(29-33-45)25-23-41-14-5-2-6-15-41/h1-21,26-33,38-39H,34-37H2/q+2. The number of rotatable bonds is 8. The fraction of sp³-hybridized carbons (Fsp3) is 0.0784. The third-order valence-corrected chi connectivity index (χ3v) is 9.95. The number of benzene rings is 6. The molecule has 0 aliphatic carbocycles. The van der Waals surface area contributed by atoms with E-state index in [0.717, 1.165) is 46.7 Å². The average molecular weight is 722 g/mol. The summed E-state index contributed by atoms with van der Waals surface area (Å²) in [6.45, 7) is 2.88. The van der Waals surface area contributed by atoms with Gasteiger partial charge in [0.25, 0.3) is 0 Å². The van der Waals surface area contributed by atoms with Gasteiger partial charge in [0.15, 0.2) is 22.1 Å². The van der Waals surface area contributed by atoms with Crippen molar-refractivity contribution < 1.29 is 9.13 Å². The molecule has 6 aromatic carbocycles. The lowest BCUT2D eigenvalue weighted by molar-refractivity contribution is -0.663. The Labute approximate surface area is 327 Å². The third-order valence-electron chi connectivity index (χ3n) is 9.95. The van der Waals surface area contributed by atoms with Crippen LogP contribution >= 0.6 is 0 Å². The molecule has 0 fully saturated rings. The molecule has 0 saturated heterocycles. The molecule has 0 aliphatic rings. The second-order valence-corrected chi connectivity index (χ2v) is 14.0. The molecule has 0 atom stereocenters. The molecule has 5 heteroatoms. The second kappa shape index (κ2) is 15.9. The van der Waals surface area contributed by atoms with E-state index in [1.807, 2.05) is 60.7 Å². The summed E-state index contributed by atoms with van der Waals surface area (Å²) in [7, 11) is 0. The van der Waals surface area contributed by atoms with Crippen molar-refractivity contribution in [3.05, 3.63) is 233 Å². The number of hydrogen-bond donors (Lipinski definition) is 0. The van der Waals surface area contributed by atoms with Gasteiger partial charge in [-0.3, -0.25) is 0 Å². The van der Waals surface area contributed by atoms with Crippen LogP contribution in [0.25, 0.3) is 22.1 Å². The Morgan fingerprint density at radius 2 is 0.750 bits per heavy atom. The monoisotopic (exact) mass is 721 g/mol. The molecule has 0 spiro atoms. The molecule has 9 rings (SSSR count). The number of nitrogens with zero attached hydrogens (tertiary/aromatic N) is 5. The average Bonchev–Trinajstić information content (AvgIpc) is 3.77. The van der Waals surface area contributed by atoms with E-state index in [0.29, 0.717) is 13.1 Å². The molecule has 0 N–H and O–H groups in total. The van der Waals surface area contributed by atoms with Crippen LogP contribution in [-0.2, 0) is 26.2 Å². The van der Waals surface area contributed by atoms with Gasteiger partial charge in [0.05, 0.1) is 11.4 Å². The van der Waals surface area contributed by atoms with Crippen LogP contribution in [0.3, 0.4) is 0 Å². The van der Waals surface area contributed by atoms with Gasteiger partial charge in [0.2, 0.25) is 12.7 Å². The molecule has 266 valence electrons. The van der Waals surface area contributed by atoms with Crippen LogP contribution in [0.1, 0.15) is 44.8 Å². The van der Waals surface area contributed by atoms with Crippen LogP contribution in [0, 0.1) is 23.7 Å². The maximum absolute atomic E-state index is 5.18. The van der Waals surface area contributed by atoms with Gasteiger partial charge in [-0.15, -0.1) is 0 Å². The molecule has 0 radical (unpaired) electrons. The Bertz CT molecular complexity index is 2700. The van der Waals surface area contributed by atoms with Crippen LogP contribution in [0.5, 0.6) is 0 Å². The molecule has 56 heavy (non-hydrogen) atoms. The maximum Gasteiger partial charge on any atom is 0.245 e. The lowest BCUT2D eigenvalue weighted by Crippen LogP contribution is -2.32. The zero-order valence-electron chi connectivity index (χ0n) is 31.0. The number of para-hydroxylation sites is 4. The van der Waals surface area contributed by atoms with Gasteiger partial charge in [-0.2, -0.15) is 0 Å². The molecular weight excluding hydrogens is 683 g/mol. The highest BCUT2D eigenvalue weighted by atomic mass is 15.1. The van der Waals surface area contributed by atoms with Gasteiger partial charge in [-0.05, 0) is 96.1 Å². The number of imidazole rings is 2. The Morgan fingerprint density at radius 3 is 1.18 bits per heavy atom. The van der Waals surface area contributed by atoms with Crippen molar-refractivity contribution in [1.82, 2.24) is 14.1 Å². The first-order chi connectivity index (χ1) is 27.7. The maximum atomic E-state index is 5.18. The third kappa shape index (κ3) is 7.90. The van der Waals surface area contributed by atoms with Crippen molar-refractivity contribution in [2.75, 3.05) is 0 Å². The highest BCUT2D eigenvalue weighted by Gasteiger charge is 2.19. The lowest BCUT2D eigenvalue weighted by atomic mass is 10.1. The van der Waals surface area contributed by atoms with Gasteiger partial charge in [-0.1, -0.05) is 115 Å². The molecule has 3 heterocycles. The number of fused-ring (bicyclic) bond motifs is 2. The minimum Gasteiger partial charge on any atom is -0.250 e. The zero-order chi connectivity index (χ0) is 37.5. The van der Waals surface area contributed by atoms with Crippen molar-refractivity contribution >= 4 is 22.1 Å². The lowest BCUT2D eigenvalue weighted by Gasteiger charge is -2.03. The Hall–Kier alpha value is -7.47. The van der Waals surface area contributed by atoms with Crippen molar-refractivity contribution in [3.63, 3.8) is 0 Å². The SMILES string of the molecule is C(#Cc1ccc(C[n+]2cn(Cc3cccc(Cn4c[n+](Cc5ccc(C#Cc6ccccc6)cc5)c5ccccc54)n3)c3ccccc32)cc1)c1ccccc1. The number of pyridine rings is 1. The second-order valence-electron chi connectivity index (χ2n) is 14.0. The van der Waals surface area contributed by atoms with E-state index in [-0.39, 0.29) is 0 Å². The predicted molar refractivity (Wildman–Crippen MR) is 223 cm³/mol. The minimum atomic E-state index is 0.674. The summed E-state index contributed by atoms with van der Waals surface area (Å²) in [4.78, 5) is 5.18. The summed E-state index contributed by atoms with van der Waals surface area (Å²) in [5.41, 5.74) is 13.3. The van der Waals surface area contributed by atoms with Gasteiger partial charge < -0.3 is 0 Å². The van der Waals surface area contributed by atoms with E-state index < -0.39 is 0 Å². The predicted octanol–water partition coefficient (Wildman–Crippen LogP) is 8.56. The van der Waals surface area contributed by atoms with E-state index >= 15 is 0 Å². The van der Waals surface area contributed by atoms with Crippen molar-refractivity contribution in [2.24, 2.45) is 0 Å². The summed E-state index contributed by atoms with van der Waals surface area (Å²) in [6.07, 6.45) is 4.43. The number of aromatic nitrogens is 5. The van der Waals surface area contributed by atoms with Crippen LogP contribution in [-0.4, -0.2) is 14.1 Å². The van der Waals surface area contributed by atoms with Gasteiger partial charge in [-0.25, -0.2) is 23.3 Å². The Balaban J connectivity index is 0.909. The topological polar surface area (TPSA) is 30.5 Å². The molecule has 0 amide bonds. The van der Waals surface area contributed by atoms with Gasteiger partial charge in [0, 0.05) is 22.3 Å². The Kier molecular flexibility index (Phi) is 9.72. The quantitative estimate of drug-likeness (QED) is 0.114. The fourth-order valence-corrected chi connectivity index (χ4v) is 7.16. The fourth-order valence-electron chi connectivity index (χ4n) is 7.16. The van der Waals surface area contributed by atoms with Gasteiger partial charge in [0.1, 0.15) is 26.2 Å². The first kappa shape index (κ1) is 34.3. The van der Waals surface area contributed by atoms with Crippen LogP contribution in [0.4, 0.5) is 0 Å². The van der Waals surface area contributed by atoms with E-state index in [9.17, 15) is 0 Å². The zero-order valence-corrected chi connectivity index (χ0v) is 31.0. The van der Waals surface area contributed by atoms with E-state index in [1.165, 1.54) is 33.2 Å². The molecule has 0 bridgehead atoms. The van der Waals surface area contributed by atoms with Crippen molar-refractivity contribution in [3.8, 4) is 23.7 Å². The molecular formula is C51H39N5+2. The summed E-state index contributed by atoms with van der Waals surface area (Å²) < 4.78 is 9.25. The first-order valence-corrected chi connectivity index (χ1v) is 18.9. The van der Waals surface area contributed by atoms with Crippen molar-refractivity contribution in [2.45, 2.75) is 26.2 Å². The summed E-state index contributed by atoms with van der Waals surface area (Å²) in [6, 6.07) is 60.9. The molecule has 3 aromatic heterocycles. The largest absolute Gasteiger partial charge is 0.250 e. The number of hydrogen-bond acceptors (Lipinski definition) is 1. The highest BCUT2D eigenvalue weighted by molar-refractivity contribution is 5.72. The smallest absolute Gasteiger partial charge is 0.245 e. The van der Waals surface area contributed by atoms with E-state index in [2.05, 4.69) is 170 Å². The van der Waals surface area contributed by atoms with Gasteiger partial charge >= 0.3 is 0 Å². The van der Waals surface area contributed by atoms with Crippen LogP contribution < -0.4 is 9.13 Å². The van der Waals surface area contributed by atoms with E-state index in [1.54, 1.807) is 0 Å². The minimum absolute atomic E-state index is 0.674. The first-order valence-electron chi connectivity index (χ1n) is 18.9. The highest BCUT2D eigenvalue weighted by Crippen LogP contribution is 2.17. The molecule has 0 aliphatic heterocycles. The molecule has 9 aromatic rings. The molecule has 0 saturated carbocycles. The summed E-state index contributed by atoms with van der Waals surface area (Å²) >= 11 is 0. The summed E-state index contributed by atoms with van der Waals surface area (Å²) in [5, 5.41) is 0. The van der Waals surface area contributed by atoms with Crippen molar-refractivity contribution in [1.29, 1.82) is 0 Å². The normalized spacial score (nSPS) is 10.9. The summed E-state index contributed by atoms with van der Waals surface area (Å²) in [5.74, 6) is 13.1. The molecule has 0 unspecified atom stereocenters.